The number of para-hydroxylation sites is 1. The number of hydrogen-bond acceptors (Lipinski definition) is 5. The number of aromatic hydroxyl groups is 1. The van der Waals surface area contributed by atoms with E-state index in [4.69, 9.17) is 4.42 Å². The number of benzene rings is 2. The lowest BCUT2D eigenvalue weighted by Crippen LogP contribution is -2.09. The summed E-state index contributed by atoms with van der Waals surface area (Å²) in [5, 5.41) is 10.8. The van der Waals surface area contributed by atoms with E-state index in [1.54, 1.807) is 48.5 Å². The van der Waals surface area contributed by atoms with Crippen molar-refractivity contribution < 1.29 is 19.1 Å². The Labute approximate surface area is 131 Å². The summed E-state index contributed by atoms with van der Waals surface area (Å²) in [6.07, 6.45) is 0.209. The molecule has 0 aliphatic rings. The van der Waals surface area contributed by atoms with E-state index in [1.807, 2.05) is 0 Å². The lowest BCUT2D eigenvalue weighted by Gasteiger charge is -2.07. The van der Waals surface area contributed by atoms with Gasteiger partial charge in [-0.05, 0) is 29.8 Å². The molecule has 5 heteroatoms. The molecule has 1 N–H and O–H groups in total. The van der Waals surface area contributed by atoms with Crippen molar-refractivity contribution in [2.24, 2.45) is 0 Å². The first kappa shape index (κ1) is 14.8. The predicted octanol–water partition coefficient (Wildman–Crippen LogP) is 2.88. The summed E-state index contributed by atoms with van der Waals surface area (Å²) < 4.78 is 9.87. The molecule has 0 aliphatic heterocycles. The van der Waals surface area contributed by atoms with Crippen LogP contribution < -0.4 is 5.63 Å². The minimum absolute atomic E-state index is 0.0751. The van der Waals surface area contributed by atoms with Gasteiger partial charge >= 0.3 is 11.6 Å². The number of carbonyl (C=O) groups is 1. The third kappa shape index (κ3) is 2.81. The number of methoxy groups -OCH3 is 1. The third-order valence-corrected chi connectivity index (χ3v) is 3.63. The smallest absolute Gasteiger partial charge is 0.343 e. The third-order valence-electron chi connectivity index (χ3n) is 3.63. The Morgan fingerprint density at radius 1 is 1.13 bits per heavy atom. The van der Waals surface area contributed by atoms with Gasteiger partial charge in [0.2, 0.25) is 0 Å². The fourth-order valence-electron chi connectivity index (χ4n) is 2.41. The molecule has 0 aliphatic carbocycles. The minimum atomic E-state index is -0.571. The Bertz CT molecular complexity index is 922. The molecule has 23 heavy (non-hydrogen) atoms. The quantitative estimate of drug-likeness (QED) is 0.594. The summed E-state index contributed by atoms with van der Waals surface area (Å²) in [4.78, 5) is 23.5. The second kappa shape index (κ2) is 5.96. The first-order valence-corrected chi connectivity index (χ1v) is 7.01. The molecule has 0 radical (unpaired) electrons. The van der Waals surface area contributed by atoms with E-state index >= 15 is 0 Å². The highest BCUT2D eigenvalue weighted by atomic mass is 16.5. The van der Waals surface area contributed by atoms with Crippen LogP contribution in [0, 0.1) is 0 Å². The lowest BCUT2D eigenvalue weighted by atomic mass is 10.0. The van der Waals surface area contributed by atoms with Crippen LogP contribution in [-0.2, 0) is 11.2 Å². The molecule has 0 saturated heterocycles. The normalized spacial score (nSPS) is 10.7. The maximum absolute atomic E-state index is 12.1. The Morgan fingerprint density at radius 3 is 2.52 bits per heavy atom. The Balaban J connectivity index is 1.98. The van der Waals surface area contributed by atoms with Crippen molar-refractivity contribution >= 4 is 16.9 Å². The van der Waals surface area contributed by atoms with Gasteiger partial charge < -0.3 is 14.3 Å². The van der Waals surface area contributed by atoms with E-state index < -0.39 is 11.6 Å². The Hall–Kier alpha value is -3.08. The van der Waals surface area contributed by atoms with Gasteiger partial charge in [-0.25, -0.2) is 9.59 Å². The van der Waals surface area contributed by atoms with E-state index in [9.17, 15) is 14.7 Å². The maximum Gasteiger partial charge on any atom is 0.343 e. The van der Waals surface area contributed by atoms with Crippen molar-refractivity contribution in [1.82, 2.24) is 0 Å². The zero-order valence-corrected chi connectivity index (χ0v) is 12.4. The summed E-state index contributed by atoms with van der Waals surface area (Å²) in [5.41, 5.74) is 1.16. The van der Waals surface area contributed by atoms with Crippen molar-refractivity contribution in [3.05, 3.63) is 75.6 Å². The van der Waals surface area contributed by atoms with Crippen LogP contribution in [0.4, 0.5) is 0 Å². The second-order valence-corrected chi connectivity index (χ2v) is 5.08. The second-order valence-electron chi connectivity index (χ2n) is 5.08. The fraction of sp³-hybridized carbons (Fsp3) is 0.111. The molecule has 1 heterocycles. The zero-order valence-electron chi connectivity index (χ0n) is 12.4. The first-order valence-electron chi connectivity index (χ1n) is 7.01. The molecule has 0 bridgehead atoms. The number of ether oxygens (including phenoxy) is 1. The molecule has 3 rings (SSSR count). The molecular weight excluding hydrogens is 296 g/mol. The van der Waals surface area contributed by atoms with Gasteiger partial charge in [0.25, 0.3) is 0 Å². The number of hydrogen-bond donors (Lipinski definition) is 1. The highest BCUT2D eigenvalue weighted by molar-refractivity contribution is 5.89. The van der Waals surface area contributed by atoms with Gasteiger partial charge in [0.1, 0.15) is 11.3 Å². The predicted molar refractivity (Wildman–Crippen MR) is 84.7 cm³/mol. The monoisotopic (exact) mass is 310 g/mol. The Morgan fingerprint density at radius 2 is 1.83 bits per heavy atom. The number of fused-ring (bicyclic) bond motifs is 1. The molecular formula is C18H14O5. The molecule has 0 amide bonds. The highest BCUT2D eigenvalue weighted by Gasteiger charge is 2.14. The van der Waals surface area contributed by atoms with Crippen LogP contribution in [0.25, 0.3) is 11.0 Å². The standard InChI is InChI=1S/C18H14O5/c1-22-17(20)12-8-6-11(7-9-12)10-14-16(19)13-4-2-3-5-15(13)23-18(14)21/h2-9,19H,10H2,1H3. The molecule has 0 saturated carbocycles. The Kier molecular flexibility index (Phi) is 3.85. The number of carbonyl (C=O) groups excluding carboxylic acids is 1. The van der Waals surface area contributed by atoms with Gasteiger partial charge in [-0.2, -0.15) is 0 Å². The van der Waals surface area contributed by atoms with Gasteiger partial charge in [0.15, 0.2) is 0 Å². The van der Waals surface area contributed by atoms with Crippen molar-refractivity contribution in [2.75, 3.05) is 7.11 Å². The van der Waals surface area contributed by atoms with Gasteiger partial charge in [0.05, 0.1) is 23.6 Å². The molecule has 0 fully saturated rings. The van der Waals surface area contributed by atoms with Crippen molar-refractivity contribution in [2.45, 2.75) is 6.42 Å². The minimum Gasteiger partial charge on any atom is -0.507 e. The van der Waals surface area contributed by atoms with E-state index in [1.165, 1.54) is 7.11 Å². The average molecular weight is 310 g/mol. The van der Waals surface area contributed by atoms with Crippen LogP contribution in [0.3, 0.4) is 0 Å². The number of rotatable bonds is 3. The van der Waals surface area contributed by atoms with Crippen molar-refractivity contribution in [3.8, 4) is 5.75 Å². The molecule has 5 nitrogen and oxygen atoms in total. The van der Waals surface area contributed by atoms with E-state index in [0.717, 1.165) is 5.56 Å². The summed E-state index contributed by atoms with van der Waals surface area (Å²) in [6, 6.07) is 13.5. The van der Waals surface area contributed by atoms with Gasteiger partial charge in [-0.3, -0.25) is 0 Å². The number of esters is 1. The van der Waals surface area contributed by atoms with Crippen LogP contribution in [0.5, 0.6) is 5.75 Å². The SMILES string of the molecule is COC(=O)c1ccc(Cc2c(O)c3ccccc3oc2=O)cc1. The van der Waals surface area contributed by atoms with E-state index in [-0.39, 0.29) is 17.7 Å². The van der Waals surface area contributed by atoms with Crippen LogP contribution in [0.2, 0.25) is 0 Å². The molecule has 0 atom stereocenters. The molecule has 0 unspecified atom stereocenters. The van der Waals surface area contributed by atoms with Gasteiger partial charge in [0, 0.05) is 6.42 Å². The van der Waals surface area contributed by atoms with Gasteiger partial charge in [-0.15, -0.1) is 0 Å². The summed E-state index contributed by atoms with van der Waals surface area (Å²) in [7, 11) is 1.31. The lowest BCUT2D eigenvalue weighted by molar-refractivity contribution is 0.0600. The maximum atomic E-state index is 12.1. The molecule has 0 spiro atoms. The van der Waals surface area contributed by atoms with Crippen LogP contribution >= 0.6 is 0 Å². The van der Waals surface area contributed by atoms with Crippen molar-refractivity contribution in [3.63, 3.8) is 0 Å². The summed E-state index contributed by atoms with van der Waals surface area (Å²) in [5.74, 6) is -0.501. The molecule has 1 aromatic heterocycles. The summed E-state index contributed by atoms with van der Waals surface area (Å²) in [6.45, 7) is 0. The highest BCUT2D eigenvalue weighted by Crippen LogP contribution is 2.27. The fourth-order valence-corrected chi connectivity index (χ4v) is 2.41. The average Bonchev–Trinajstić information content (AvgIpc) is 2.58. The zero-order chi connectivity index (χ0) is 16.4. The first-order chi connectivity index (χ1) is 11.1. The molecule has 116 valence electrons. The topological polar surface area (TPSA) is 76.7 Å². The largest absolute Gasteiger partial charge is 0.507 e. The van der Waals surface area contributed by atoms with E-state index in [2.05, 4.69) is 4.74 Å². The van der Waals surface area contributed by atoms with Crippen LogP contribution in [0.15, 0.2) is 57.7 Å². The van der Waals surface area contributed by atoms with Gasteiger partial charge in [-0.1, -0.05) is 24.3 Å². The van der Waals surface area contributed by atoms with Crippen LogP contribution in [0.1, 0.15) is 21.5 Å². The molecule has 2 aromatic carbocycles. The van der Waals surface area contributed by atoms with Crippen molar-refractivity contribution in [1.29, 1.82) is 0 Å². The van der Waals surface area contributed by atoms with E-state index in [0.29, 0.717) is 16.5 Å². The molecule has 3 aromatic rings. The summed E-state index contributed by atoms with van der Waals surface area (Å²) >= 11 is 0. The van der Waals surface area contributed by atoms with Crippen LogP contribution in [-0.4, -0.2) is 18.2 Å².